The average Bonchev–Trinajstić information content (AvgIpc) is 3.57. The SMILES string of the molecule is Cn1c(CN2CCCC2)nc2sc(N3CCC[C@@H]3C(=O)NCc3ccccc3)nc2c1=O. The summed E-state index contributed by atoms with van der Waals surface area (Å²) in [4.78, 5) is 40.4. The van der Waals surface area contributed by atoms with Crippen molar-refractivity contribution < 1.29 is 4.79 Å². The van der Waals surface area contributed by atoms with Gasteiger partial charge in [-0.2, -0.15) is 0 Å². The Bertz CT molecular complexity index is 1170. The number of aromatic nitrogens is 3. The van der Waals surface area contributed by atoms with Crippen molar-refractivity contribution in [3.63, 3.8) is 0 Å². The second-order valence-electron chi connectivity index (χ2n) is 8.58. The molecular formula is C23H28N6O2S. The molecule has 2 aliphatic heterocycles. The van der Waals surface area contributed by atoms with Crippen LogP contribution in [0.3, 0.4) is 0 Å². The molecule has 9 heteroatoms. The van der Waals surface area contributed by atoms with E-state index in [0.29, 0.717) is 28.6 Å². The van der Waals surface area contributed by atoms with Crippen molar-refractivity contribution in [2.75, 3.05) is 24.5 Å². The summed E-state index contributed by atoms with van der Waals surface area (Å²) in [6.45, 7) is 4.05. The molecule has 1 aromatic carbocycles. The molecule has 0 saturated carbocycles. The Balaban J connectivity index is 1.36. The third-order valence-corrected chi connectivity index (χ3v) is 7.38. The van der Waals surface area contributed by atoms with Crippen LogP contribution in [0.15, 0.2) is 35.1 Å². The Kier molecular flexibility index (Phi) is 5.93. The summed E-state index contributed by atoms with van der Waals surface area (Å²) in [5.41, 5.74) is 1.35. The maximum atomic E-state index is 13.0. The molecule has 0 bridgehead atoms. The van der Waals surface area contributed by atoms with Crippen LogP contribution in [0.1, 0.15) is 37.1 Å². The standard InChI is InChI=1S/C23H28N6O2S/c1-27-18(15-28-11-5-6-12-28)25-21-19(22(27)31)26-23(32-21)29-13-7-10-17(29)20(30)24-14-16-8-3-2-4-9-16/h2-4,8-9,17H,5-7,10-15H2,1H3,(H,24,30)/t17-/m1/s1. The number of amides is 1. The lowest BCUT2D eigenvalue weighted by Crippen LogP contribution is -2.43. The number of fused-ring (bicyclic) bond motifs is 1. The van der Waals surface area contributed by atoms with Crippen molar-refractivity contribution in [1.29, 1.82) is 0 Å². The fourth-order valence-corrected chi connectivity index (χ4v) is 5.59. The molecular weight excluding hydrogens is 424 g/mol. The van der Waals surface area contributed by atoms with Gasteiger partial charge in [-0.1, -0.05) is 41.7 Å². The van der Waals surface area contributed by atoms with E-state index in [-0.39, 0.29) is 17.5 Å². The highest BCUT2D eigenvalue weighted by molar-refractivity contribution is 7.21. The largest absolute Gasteiger partial charge is 0.350 e. The van der Waals surface area contributed by atoms with Crippen LogP contribution >= 0.6 is 11.3 Å². The van der Waals surface area contributed by atoms with E-state index < -0.39 is 0 Å². The number of nitrogens with zero attached hydrogens (tertiary/aromatic N) is 5. The highest BCUT2D eigenvalue weighted by Gasteiger charge is 2.33. The number of anilines is 1. The molecule has 0 spiro atoms. The number of nitrogens with one attached hydrogen (secondary N) is 1. The first kappa shape index (κ1) is 21.1. The van der Waals surface area contributed by atoms with E-state index in [9.17, 15) is 9.59 Å². The van der Waals surface area contributed by atoms with Crippen molar-refractivity contribution >= 4 is 32.7 Å². The normalized spacial score (nSPS) is 19.2. The van der Waals surface area contributed by atoms with Gasteiger partial charge in [-0.05, 0) is 44.3 Å². The lowest BCUT2D eigenvalue weighted by atomic mass is 10.2. The monoisotopic (exact) mass is 452 g/mol. The molecule has 2 aromatic heterocycles. The van der Waals surface area contributed by atoms with Gasteiger partial charge < -0.3 is 10.2 Å². The van der Waals surface area contributed by atoms with Crippen molar-refractivity contribution in [1.82, 2.24) is 24.8 Å². The summed E-state index contributed by atoms with van der Waals surface area (Å²) in [6, 6.07) is 9.63. The van der Waals surface area contributed by atoms with E-state index in [2.05, 4.69) is 15.2 Å². The van der Waals surface area contributed by atoms with Gasteiger partial charge in [0, 0.05) is 20.1 Å². The first-order valence-corrected chi connectivity index (χ1v) is 12.1. The Morgan fingerprint density at radius 1 is 1.12 bits per heavy atom. The van der Waals surface area contributed by atoms with E-state index in [1.807, 2.05) is 35.2 Å². The summed E-state index contributed by atoms with van der Waals surface area (Å²) >= 11 is 1.42. The van der Waals surface area contributed by atoms with Crippen LogP contribution < -0.4 is 15.8 Å². The molecule has 32 heavy (non-hydrogen) atoms. The lowest BCUT2D eigenvalue weighted by Gasteiger charge is -2.23. The zero-order valence-corrected chi connectivity index (χ0v) is 19.1. The summed E-state index contributed by atoms with van der Waals surface area (Å²) in [7, 11) is 1.77. The number of benzene rings is 1. The van der Waals surface area contributed by atoms with Crippen molar-refractivity contribution in [3.8, 4) is 0 Å². The number of hydrogen-bond acceptors (Lipinski definition) is 7. The highest BCUT2D eigenvalue weighted by atomic mass is 32.1. The van der Waals surface area contributed by atoms with Crippen LogP contribution in [-0.2, 0) is 24.9 Å². The van der Waals surface area contributed by atoms with Gasteiger partial charge in [0.05, 0.1) is 6.54 Å². The minimum atomic E-state index is -0.271. The van der Waals surface area contributed by atoms with Gasteiger partial charge in [-0.25, -0.2) is 9.97 Å². The van der Waals surface area contributed by atoms with Crippen molar-refractivity contribution in [2.45, 2.75) is 44.8 Å². The quantitative estimate of drug-likeness (QED) is 0.618. The van der Waals surface area contributed by atoms with Crippen LogP contribution in [-0.4, -0.2) is 51.0 Å². The summed E-state index contributed by atoms with van der Waals surface area (Å²) in [6.07, 6.45) is 4.10. The number of carbonyl (C=O) groups excluding carboxylic acids is 1. The minimum Gasteiger partial charge on any atom is -0.350 e. The minimum absolute atomic E-state index is 0.00110. The zero-order chi connectivity index (χ0) is 22.1. The molecule has 8 nitrogen and oxygen atoms in total. The van der Waals surface area contributed by atoms with E-state index >= 15 is 0 Å². The number of likely N-dealkylation sites (tertiary alicyclic amines) is 1. The summed E-state index contributed by atoms with van der Waals surface area (Å²) < 4.78 is 1.62. The topological polar surface area (TPSA) is 83.4 Å². The number of thiazole rings is 1. The first-order chi connectivity index (χ1) is 15.6. The van der Waals surface area contributed by atoms with Gasteiger partial charge in [0.15, 0.2) is 15.5 Å². The van der Waals surface area contributed by atoms with E-state index in [4.69, 9.17) is 4.98 Å². The molecule has 4 heterocycles. The Morgan fingerprint density at radius 2 is 1.91 bits per heavy atom. The molecule has 5 rings (SSSR count). The van der Waals surface area contributed by atoms with Gasteiger partial charge in [-0.15, -0.1) is 0 Å². The first-order valence-electron chi connectivity index (χ1n) is 11.3. The fraction of sp³-hybridized carbons (Fsp3) is 0.478. The second kappa shape index (κ2) is 8.99. The van der Waals surface area contributed by atoms with Crippen molar-refractivity contribution in [2.24, 2.45) is 7.05 Å². The zero-order valence-electron chi connectivity index (χ0n) is 18.3. The van der Waals surface area contributed by atoms with Gasteiger partial charge in [0.25, 0.3) is 5.56 Å². The van der Waals surface area contributed by atoms with E-state index in [0.717, 1.165) is 43.9 Å². The molecule has 1 amide bonds. The third-order valence-electron chi connectivity index (χ3n) is 6.40. The third kappa shape index (κ3) is 4.14. The molecule has 0 aliphatic carbocycles. The molecule has 1 atom stereocenters. The van der Waals surface area contributed by atoms with Crippen LogP contribution in [0.25, 0.3) is 10.3 Å². The second-order valence-corrected chi connectivity index (χ2v) is 9.54. The smallest absolute Gasteiger partial charge is 0.280 e. The molecule has 2 saturated heterocycles. The number of hydrogen-bond donors (Lipinski definition) is 1. The maximum absolute atomic E-state index is 13.0. The van der Waals surface area contributed by atoms with Crippen LogP contribution in [0.2, 0.25) is 0 Å². The molecule has 2 aliphatic rings. The van der Waals surface area contributed by atoms with E-state index in [1.54, 1.807) is 11.6 Å². The Labute approximate surface area is 190 Å². The average molecular weight is 453 g/mol. The Morgan fingerprint density at radius 3 is 2.69 bits per heavy atom. The number of carbonyl (C=O) groups is 1. The summed E-state index contributed by atoms with van der Waals surface area (Å²) in [5, 5.41) is 3.76. The predicted octanol–water partition coefficient (Wildman–Crippen LogP) is 2.27. The molecule has 0 radical (unpaired) electrons. The maximum Gasteiger partial charge on any atom is 0.280 e. The van der Waals surface area contributed by atoms with Crippen molar-refractivity contribution in [3.05, 3.63) is 52.1 Å². The van der Waals surface area contributed by atoms with Crippen LogP contribution in [0.4, 0.5) is 5.13 Å². The predicted molar refractivity (Wildman–Crippen MR) is 126 cm³/mol. The highest BCUT2D eigenvalue weighted by Crippen LogP contribution is 2.32. The molecule has 1 N–H and O–H groups in total. The summed E-state index contributed by atoms with van der Waals surface area (Å²) in [5.74, 6) is 0.777. The Hall–Kier alpha value is -2.78. The number of rotatable bonds is 6. The lowest BCUT2D eigenvalue weighted by molar-refractivity contribution is -0.122. The van der Waals surface area contributed by atoms with E-state index in [1.165, 1.54) is 24.2 Å². The van der Waals surface area contributed by atoms with Gasteiger partial charge >= 0.3 is 0 Å². The van der Waals surface area contributed by atoms with Crippen LogP contribution in [0, 0.1) is 0 Å². The molecule has 0 unspecified atom stereocenters. The fourth-order valence-electron chi connectivity index (χ4n) is 4.56. The van der Waals surface area contributed by atoms with Gasteiger partial charge in [-0.3, -0.25) is 19.1 Å². The molecule has 168 valence electrons. The van der Waals surface area contributed by atoms with Gasteiger partial charge in [0.2, 0.25) is 5.91 Å². The molecule has 3 aromatic rings. The molecule has 2 fully saturated rings. The van der Waals surface area contributed by atoms with Crippen LogP contribution in [0.5, 0.6) is 0 Å². The van der Waals surface area contributed by atoms with Gasteiger partial charge in [0.1, 0.15) is 11.9 Å².